The average Bonchev–Trinajstić information content (AvgIpc) is 3.18. The Kier molecular flexibility index (Phi) is 6.93. The minimum absolute atomic E-state index is 0.00878. The average molecular weight is 377 g/mol. The molecule has 0 saturated carbocycles. The quantitative estimate of drug-likeness (QED) is 0.804. The smallest absolute Gasteiger partial charge is 0.251 e. The highest BCUT2D eigenvalue weighted by Crippen LogP contribution is 2.25. The first-order valence-electron chi connectivity index (χ1n) is 8.49. The summed E-state index contributed by atoms with van der Waals surface area (Å²) in [7, 11) is 0. The summed E-state index contributed by atoms with van der Waals surface area (Å²) >= 11 is 3.53. The lowest BCUT2D eigenvalue weighted by Crippen LogP contribution is -2.43. The second kappa shape index (κ2) is 9.38. The summed E-state index contributed by atoms with van der Waals surface area (Å²) in [5.41, 5.74) is 1.96. The molecule has 1 amide bonds. The Morgan fingerprint density at radius 2 is 2.04 bits per heavy atom. The zero-order valence-electron chi connectivity index (χ0n) is 14.4. The summed E-state index contributed by atoms with van der Waals surface area (Å²) in [4.78, 5) is 16.2. The van der Waals surface area contributed by atoms with Crippen LogP contribution >= 0.6 is 23.1 Å². The van der Waals surface area contributed by atoms with Crippen LogP contribution in [0.2, 0.25) is 0 Å². The van der Waals surface area contributed by atoms with Crippen LogP contribution < -0.4 is 5.32 Å². The van der Waals surface area contributed by atoms with Crippen LogP contribution in [0, 0.1) is 0 Å². The van der Waals surface area contributed by atoms with Gasteiger partial charge in [-0.3, -0.25) is 9.69 Å². The van der Waals surface area contributed by atoms with Crippen LogP contribution in [-0.4, -0.2) is 49.9 Å². The molecule has 1 saturated heterocycles. The molecular weight excluding hydrogens is 352 g/mol. The fraction of sp³-hybridized carbons (Fsp3) is 0.421. The number of hydrogen-bond donors (Lipinski definition) is 1. The van der Waals surface area contributed by atoms with Gasteiger partial charge in [0, 0.05) is 35.8 Å². The summed E-state index contributed by atoms with van der Waals surface area (Å²) in [6.45, 7) is 3.94. The van der Waals surface area contributed by atoms with Crippen molar-refractivity contribution in [1.82, 2.24) is 10.2 Å². The Hall–Kier alpha value is -1.34. The van der Waals surface area contributed by atoms with Crippen molar-refractivity contribution in [2.24, 2.45) is 0 Å². The Labute approximate surface area is 157 Å². The summed E-state index contributed by atoms with van der Waals surface area (Å²) in [5.74, 6) is 0.963. The number of carbonyl (C=O) groups is 1. The zero-order valence-corrected chi connectivity index (χ0v) is 16.1. The van der Waals surface area contributed by atoms with E-state index in [1.165, 1.54) is 10.4 Å². The topological polar surface area (TPSA) is 41.6 Å². The van der Waals surface area contributed by atoms with Crippen LogP contribution in [0.1, 0.15) is 26.8 Å². The van der Waals surface area contributed by atoms with Gasteiger partial charge in [0.1, 0.15) is 0 Å². The Bertz CT molecular complexity index is 653. The van der Waals surface area contributed by atoms with E-state index in [4.69, 9.17) is 4.74 Å². The molecule has 0 unspecified atom stereocenters. The van der Waals surface area contributed by atoms with E-state index in [2.05, 4.69) is 34.0 Å². The number of benzene rings is 1. The van der Waals surface area contributed by atoms with E-state index in [-0.39, 0.29) is 11.9 Å². The van der Waals surface area contributed by atoms with Gasteiger partial charge in [0.05, 0.1) is 19.3 Å². The van der Waals surface area contributed by atoms with E-state index < -0.39 is 0 Å². The predicted octanol–water partition coefficient (Wildman–Crippen LogP) is 3.41. The summed E-state index contributed by atoms with van der Waals surface area (Å²) in [6, 6.07) is 12.3. The van der Waals surface area contributed by atoms with Crippen LogP contribution in [0.25, 0.3) is 0 Å². The monoisotopic (exact) mass is 376 g/mol. The molecule has 25 heavy (non-hydrogen) atoms. The Balaban J connectivity index is 1.62. The highest BCUT2D eigenvalue weighted by Gasteiger charge is 2.24. The van der Waals surface area contributed by atoms with Crippen molar-refractivity contribution in [2.45, 2.75) is 11.8 Å². The molecule has 1 atom stereocenters. The Morgan fingerprint density at radius 3 is 2.68 bits per heavy atom. The third-order valence-electron chi connectivity index (χ3n) is 4.34. The number of rotatable bonds is 7. The van der Waals surface area contributed by atoms with Gasteiger partial charge in [-0.05, 0) is 35.4 Å². The molecule has 3 rings (SSSR count). The van der Waals surface area contributed by atoms with Gasteiger partial charge in [-0.25, -0.2) is 0 Å². The van der Waals surface area contributed by atoms with Crippen molar-refractivity contribution >= 4 is 29.0 Å². The van der Waals surface area contributed by atoms with E-state index in [0.29, 0.717) is 6.54 Å². The predicted molar refractivity (Wildman–Crippen MR) is 105 cm³/mol. The van der Waals surface area contributed by atoms with Gasteiger partial charge in [-0.2, -0.15) is 11.8 Å². The molecule has 1 aromatic carbocycles. The van der Waals surface area contributed by atoms with E-state index >= 15 is 0 Å². The maximum atomic E-state index is 12.5. The number of nitrogens with one attached hydrogen (secondary N) is 1. The van der Waals surface area contributed by atoms with Crippen LogP contribution in [0.5, 0.6) is 0 Å². The third-order valence-corrected chi connectivity index (χ3v) is 5.94. The third kappa shape index (κ3) is 5.07. The van der Waals surface area contributed by atoms with E-state index in [0.717, 1.165) is 37.6 Å². The number of thioether (sulfide) groups is 1. The van der Waals surface area contributed by atoms with Gasteiger partial charge < -0.3 is 10.1 Å². The molecule has 1 aromatic heterocycles. The van der Waals surface area contributed by atoms with Crippen LogP contribution in [0.4, 0.5) is 0 Å². The van der Waals surface area contributed by atoms with Crippen molar-refractivity contribution in [2.75, 3.05) is 39.1 Å². The van der Waals surface area contributed by atoms with Crippen LogP contribution in [-0.2, 0) is 10.5 Å². The van der Waals surface area contributed by atoms with E-state index in [9.17, 15) is 4.79 Å². The Morgan fingerprint density at radius 1 is 1.28 bits per heavy atom. The van der Waals surface area contributed by atoms with E-state index in [1.807, 2.05) is 24.3 Å². The maximum Gasteiger partial charge on any atom is 0.251 e. The number of thiophene rings is 1. The van der Waals surface area contributed by atoms with Crippen molar-refractivity contribution < 1.29 is 9.53 Å². The molecule has 4 nitrogen and oxygen atoms in total. The first-order valence-corrected chi connectivity index (χ1v) is 10.8. The zero-order chi connectivity index (χ0) is 17.5. The van der Waals surface area contributed by atoms with Crippen molar-refractivity contribution in [3.05, 3.63) is 57.8 Å². The normalized spacial score (nSPS) is 16.5. The van der Waals surface area contributed by atoms with Crippen LogP contribution in [0.3, 0.4) is 0 Å². The summed E-state index contributed by atoms with van der Waals surface area (Å²) in [6.07, 6.45) is 2.08. The minimum Gasteiger partial charge on any atom is -0.379 e. The highest BCUT2D eigenvalue weighted by molar-refractivity contribution is 7.97. The second-order valence-electron chi connectivity index (χ2n) is 6.02. The molecule has 0 spiro atoms. The van der Waals surface area contributed by atoms with Gasteiger partial charge >= 0.3 is 0 Å². The molecule has 6 heteroatoms. The maximum absolute atomic E-state index is 12.5. The first kappa shape index (κ1) is 18.5. The molecule has 0 radical (unpaired) electrons. The van der Waals surface area contributed by atoms with Crippen molar-refractivity contribution in [3.63, 3.8) is 0 Å². The fourth-order valence-electron chi connectivity index (χ4n) is 2.99. The van der Waals surface area contributed by atoms with Crippen molar-refractivity contribution in [3.8, 4) is 0 Å². The van der Waals surface area contributed by atoms with Gasteiger partial charge in [0.15, 0.2) is 0 Å². The minimum atomic E-state index is -0.00878. The largest absolute Gasteiger partial charge is 0.379 e. The number of carbonyl (C=O) groups excluding carboxylic acids is 1. The lowest BCUT2D eigenvalue weighted by atomic mass is 10.1. The highest BCUT2D eigenvalue weighted by atomic mass is 32.2. The molecule has 134 valence electrons. The van der Waals surface area contributed by atoms with E-state index in [1.54, 1.807) is 23.1 Å². The van der Waals surface area contributed by atoms with Gasteiger partial charge in [0.2, 0.25) is 0 Å². The van der Waals surface area contributed by atoms with Gasteiger partial charge in [-0.15, -0.1) is 11.3 Å². The molecule has 2 aromatic rings. The number of ether oxygens (including phenoxy) is 1. The lowest BCUT2D eigenvalue weighted by Gasteiger charge is -2.34. The van der Waals surface area contributed by atoms with Crippen LogP contribution in [0.15, 0.2) is 41.8 Å². The van der Waals surface area contributed by atoms with Gasteiger partial charge in [0.25, 0.3) is 5.91 Å². The fourth-order valence-corrected chi connectivity index (χ4v) is 4.38. The molecule has 1 aliphatic rings. The summed E-state index contributed by atoms with van der Waals surface area (Å²) < 4.78 is 5.47. The summed E-state index contributed by atoms with van der Waals surface area (Å²) in [5, 5.41) is 5.21. The first-order chi connectivity index (χ1) is 12.3. The van der Waals surface area contributed by atoms with Crippen molar-refractivity contribution in [1.29, 1.82) is 0 Å². The van der Waals surface area contributed by atoms with Gasteiger partial charge in [-0.1, -0.05) is 18.2 Å². The number of morpholine rings is 1. The second-order valence-corrected chi connectivity index (χ2v) is 7.86. The number of nitrogens with zero attached hydrogens (tertiary/aromatic N) is 1. The SMILES string of the molecule is CSCc1ccc(C(=O)NC[C@@H](c2cccs2)N2CCOCC2)cc1. The molecule has 1 aliphatic heterocycles. The molecular formula is C19H24N2O2S2. The molecule has 0 bridgehead atoms. The standard InChI is InChI=1S/C19H24N2O2S2/c1-24-14-15-4-6-16(7-5-15)19(22)20-13-17(18-3-2-12-25-18)21-8-10-23-11-9-21/h2-7,12,17H,8-11,13-14H2,1H3,(H,20,22)/t17-/m0/s1. The molecule has 0 aliphatic carbocycles. The molecule has 1 N–H and O–H groups in total. The molecule has 1 fully saturated rings. The number of hydrogen-bond acceptors (Lipinski definition) is 5. The number of amides is 1. The molecule has 2 heterocycles. The lowest BCUT2D eigenvalue weighted by molar-refractivity contribution is 0.0169.